The average molecular weight is 356 g/mol. The van der Waals surface area contributed by atoms with Crippen molar-refractivity contribution in [3.8, 4) is 6.07 Å². The largest absolute Gasteiger partial charge is 0.506 e. The van der Waals surface area contributed by atoms with E-state index in [0.717, 1.165) is 0 Å². The molecule has 0 aliphatic heterocycles. The molecule has 1 atom stereocenters. The van der Waals surface area contributed by atoms with Gasteiger partial charge < -0.3 is 15.2 Å². The minimum absolute atomic E-state index is 0.147. The number of carbonyl (C=O) groups is 3. The highest BCUT2D eigenvalue weighted by Gasteiger charge is 2.46. The maximum absolute atomic E-state index is 12.7. The van der Waals surface area contributed by atoms with Gasteiger partial charge in [0.25, 0.3) is 5.91 Å². The van der Waals surface area contributed by atoms with Crippen molar-refractivity contribution in [1.82, 2.24) is 5.32 Å². The summed E-state index contributed by atoms with van der Waals surface area (Å²) < 4.78 is 4.94. The molecular weight excluding hydrogens is 336 g/mol. The van der Waals surface area contributed by atoms with E-state index >= 15 is 0 Å². The molecule has 7 nitrogen and oxygen atoms in total. The van der Waals surface area contributed by atoms with Crippen LogP contribution in [0.3, 0.4) is 0 Å². The predicted octanol–water partition coefficient (Wildman–Crippen LogP) is 1.64. The Kier molecular flexibility index (Phi) is 5.46. The number of nitrogens with zero attached hydrogens (tertiary/aromatic N) is 1. The van der Waals surface area contributed by atoms with Crippen LogP contribution in [0.5, 0.6) is 0 Å². The van der Waals surface area contributed by atoms with Crippen molar-refractivity contribution in [2.24, 2.45) is 5.92 Å². The first-order valence-electron chi connectivity index (χ1n) is 8.15. The first-order valence-corrected chi connectivity index (χ1v) is 8.15. The second-order valence-corrected chi connectivity index (χ2v) is 6.59. The maximum Gasteiger partial charge on any atom is 0.325 e. The first-order chi connectivity index (χ1) is 12.2. The molecule has 0 heterocycles. The van der Waals surface area contributed by atoms with Crippen LogP contribution in [0, 0.1) is 17.2 Å². The number of hydrogen-bond donors (Lipinski definition) is 2. The van der Waals surface area contributed by atoms with Crippen molar-refractivity contribution >= 4 is 23.4 Å². The van der Waals surface area contributed by atoms with Crippen LogP contribution in [0.25, 0.3) is 5.76 Å². The smallest absolute Gasteiger partial charge is 0.325 e. The number of aliphatic hydroxyl groups is 1. The molecule has 0 saturated heterocycles. The Morgan fingerprint density at radius 1 is 1.35 bits per heavy atom. The molecule has 1 aliphatic carbocycles. The van der Waals surface area contributed by atoms with Gasteiger partial charge in [-0.25, -0.2) is 0 Å². The van der Waals surface area contributed by atoms with Crippen LogP contribution in [0.15, 0.2) is 29.8 Å². The van der Waals surface area contributed by atoms with Gasteiger partial charge in [-0.2, -0.15) is 5.26 Å². The monoisotopic (exact) mass is 356 g/mol. The zero-order valence-corrected chi connectivity index (χ0v) is 14.8. The van der Waals surface area contributed by atoms with E-state index in [-0.39, 0.29) is 18.1 Å². The van der Waals surface area contributed by atoms with Crippen LogP contribution in [0.2, 0.25) is 0 Å². The zero-order valence-electron chi connectivity index (χ0n) is 14.8. The number of hydrogen-bond acceptors (Lipinski definition) is 6. The summed E-state index contributed by atoms with van der Waals surface area (Å²) in [4.78, 5) is 36.8. The van der Waals surface area contributed by atoms with Gasteiger partial charge in [0, 0.05) is 5.56 Å². The molecule has 2 rings (SSSR count). The van der Waals surface area contributed by atoms with Gasteiger partial charge in [-0.05, 0) is 18.4 Å². The molecule has 0 radical (unpaired) electrons. The first kappa shape index (κ1) is 19.2. The molecule has 26 heavy (non-hydrogen) atoms. The van der Waals surface area contributed by atoms with E-state index in [0.29, 0.717) is 5.56 Å². The van der Waals surface area contributed by atoms with Crippen molar-refractivity contribution in [3.05, 3.63) is 41.0 Å². The standard InChI is InChI=1S/C19H20N2O5/c1-11(2)9-26-14(22)8-21-18(25)15-16(23)12-6-4-5-7-13(12)19(3,10-20)17(15)24/h4-7,11,23H,8-9H2,1-3H3,(H,21,25). The minimum atomic E-state index is -1.60. The Balaban J connectivity index is 2.28. The Morgan fingerprint density at radius 2 is 2.00 bits per heavy atom. The molecule has 1 aromatic rings. The molecule has 0 saturated carbocycles. The van der Waals surface area contributed by atoms with Crippen LogP contribution in [0.1, 0.15) is 31.9 Å². The fourth-order valence-corrected chi connectivity index (χ4v) is 2.61. The number of nitriles is 1. The molecule has 136 valence electrons. The van der Waals surface area contributed by atoms with Gasteiger partial charge in [-0.1, -0.05) is 38.1 Å². The normalized spacial score (nSPS) is 19.0. The maximum atomic E-state index is 12.7. The summed E-state index contributed by atoms with van der Waals surface area (Å²) in [5.41, 5.74) is -1.57. The minimum Gasteiger partial charge on any atom is -0.506 e. The highest BCUT2D eigenvalue weighted by atomic mass is 16.5. The van der Waals surface area contributed by atoms with E-state index in [4.69, 9.17) is 4.74 Å². The van der Waals surface area contributed by atoms with E-state index in [1.54, 1.807) is 18.2 Å². The van der Waals surface area contributed by atoms with Crippen molar-refractivity contribution in [2.75, 3.05) is 13.2 Å². The lowest BCUT2D eigenvalue weighted by molar-refractivity contribution is -0.144. The quantitative estimate of drug-likeness (QED) is 0.612. The van der Waals surface area contributed by atoms with Crippen LogP contribution in [-0.2, 0) is 24.5 Å². The van der Waals surface area contributed by atoms with Crippen LogP contribution >= 0.6 is 0 Å². The number of fused-ring (bicyclic) bond motifs is 1. The molecule has 1 aliphatic rings. The third-order valence-corrected chi connectivity index (χ3v) is 4.06. The molecule has 7 heteroatoms. The van der Waals surface area contributed by atoms with Crippen molar-refractivity contribution in [1.29, 1.82) is 5.26 Å². The summed E-state index contributed by atoms with van der Waals surface area (Å²) in [6.07, 6.45) is 0. The molecule has 1 unspecified atom stereocenters. The Hall–Kier alpha value is -3.14. The molecule has 1 amide bonds. The Morgan fingerprint density at radius 3 is 2.62 bits per heavy atom. The van der Waals surface area contributed by atoms with Gasteiger partial charge in [0.05, 0.1) is 12.7 Å². The molecule has 2 N–H and O–H groups in total. The third kappa shape index (κ3) is 3.45. The summed E-state index contributed by atoms with van der Waals surface area (Å²) in [5, 5.41) is 22.2. The lowest BCUT2D eigenvalue weighted by Crippen LogP contribution is -2.43. The van der Waals surface area contributed by atoms with E-state index in [1.165, 1.54) is 13.0 Å². The second-order valence-electron chi connectivity index (χ2n) is 6.59. The summed E-state index contributed by atoms with van der Waals surface area (Å²) in [5.74, 6) is -2.76. The number of nitrogens with one attached hydrogen (secondary N) is 1. The predicted molar refractivity (Wildman–Crippen MR) is 92.8 cm³/mol. The second kappa shape index (κ2) is 7.40. The number of Topliss-reactive ketones (excluding diaryl/α,β-unsaturated/α-hetero) is 1. The highest BCUT2D eigenvalue weighted by Crippen LogP contribution is 2.39. The number of rotatable bonds is 5. The fourth-order valence-electron chi connectivity index (χ4n) is 2.61. The zero-order chi connectivity index (χ0) is 19.5. The Bertz CT molecular complexity index is 835. The number of amides is 1. The van der Waals surface area contributed by atoms with E-state index < -0.39 is 41.0 Å². The summed E-state index contributed by atoms with van der Waals surface area (Å²) in [7, 11) is 0. The molecule has 0 fully saturated rings. The number of ketones is 1. The number of carbonyl (C=O) groups excluding carboxylic acids is 3. The summed E-state index contributed by atoms with van der Waals surface area (Å²) >= 11 is 0. The van der Waals surface area contributed by atoms with Crippen molar-refractivity contribution < 1.29 is 24.2 Å². The highest BCUT2D eigenvalue weighted by molar-refractivity contribution is 6.29. The van der Waals surface area contributed by atoms with Gasteiger partial charge in [-0.15, -0.1) is 0 Å². The summed E-state index contributed by atoms with van der Waals surface area (Å²) in [6, 6.07) is 8.28. The lowest BCUT2D eigenvalue weighted by atomic mass is 9.70. The number of benzene rings is 1. The third-order valence-electron chi connectivity index (χ3n) is 4.06. The molecule has 1 aromatic carbocycles. The molecule has 0 spiro atoms. The topological polar surface area (TPSA) is 116 Å². The number of esters is 1. The van der Waals surface area contributed by atoms with Gasteiger partial charge in [0.15, 0.2) is 5.78 Å². The van der Waals surface area contributed by atoms with E-state index in [1.807, 2.05) is 19.9 Å². The number of ether oxygens (including phenoxy) is 1. The fraction of sp³-hybridized carbons (Fsp3) is 0.368. The SMILES string of the molecule is CC(C)COC(=O)CNC(=O)C1=C(O)c2ccccc2C(C)(C#N)C1=O. The van der Waals surface area contributed by atoms with Gasteiger partial charge in [0.1, 0.15) is 23.3 Å². The van der Waals surface area contributed by atoms with Crippen LogP contribution < -0.4 is 5.32 Å². The summed E-state index contributed by atoms with van der Waals surface area (Å²) in [6.45, 7) is 4.90. The lowest BCUT2D eigenvalue weighted by Gasteiger charge is -2.29. The van der Waals surface area contributed by atoms with E-state index in [2.05, 4.69) is 5.32 Å². The van der Waals surface area contributed by atoms with Crippen molar-refractivity contribution in [2.45, 2.75) is 26.2 Å². The Labute approximate surface area is 151 Å². The molecule has 0 bridgehead atoms. The van der Waals surface area contributed by atoms with Gasteiger partial charge in [-0.3, -0.25) is 14.4 Å². The molecular formula is C19H20N2O5. The molecule has 0 aromatic heterocycles. The van der Waals surface area contributed by atoms with Crippen molar-refractivity contribution in [3.63, 3.8) is 0 Å². The van der Waals surface area contributed by atoms with Gasteiger partial charge in [0.2, 0.25) is 0 Å². The van der Waals surface area contributed by atoms with Crippen LogP contribution in [-0.4, -0.2) is 35.9 Å². The average Bonchev–Trinajstić information content (AvgIpc) is 2.63. The van der Waals surface area contributed by atoms with Gasteiger partial charge >= 0.3 is 5.97 Å². The van der Waals surface area contributed by atoms with Crippen LogP contribution in [0.4, 0.5) is 0 Å². The number of aliphatic hydroxyl groups excluding tert-OH is 1. The van der Waals surface area contributed by atoms with E-state index in [9.17, 15) is 24.8 Å².